The summed E-state index contributed by atoms with van der Waals surface area (Å²) < 4.78 is 15.0. The van der Waals surface area contributed by atoms with E-state index < -0.39 is 42.6 Å². The third kappa shape index (κ3) is 8.40. The Morgan fingerprint density at radius 2 is 1.68 bits per heavy atom. The van der Waals surface area contributed by atoms with Crippen molar-refractivity contribution in [2.24, 2.45) is 0 Å². The molecule has 34 heavy (non-hydrogen) atoms. The van der Waals surface area contributed by atoms with Crippen molar-refractivity contribution in [2.75, 3.05) is 13.2 Å². The van der Waals surface area contributed by atoms with Crippen LogP contribution < -0.4 is 15.4 Å². The fourth-order valence-corrected chi connectivity index (χ4v) is 2.74. The standard InChI is InChI=1S/C24H26N2O8/c1-3-13-32-23(30)21(18-7-5-4-6-8-18)26-22(29)20(14-27)25-24(31)33-15-17-9-11-19(12-10-17)34-16(2)28/h3-12,20-21,27H,1,13-15H2,2H3,(H,25,31)(H,26,29)/t20-,21-/m0/s1. The smallest absolute Gasteiger partial charge is 0.408 e. The Bertz CT molecular complexity index is 992. The summed E-state index contributed by atoms with van der Waals surface area (Å²) in [5.41, 5.74) is 1.06. The Morgan fingerprint density at radius 3 is 2.26 bits per heavy atom. The van der Waals surface area contributed by atoms with Crippen LogP contribution >= 0.6 is 0 Å². The predicted molar refractivity (Wildman–Crippen MR) is 120 cm³/mol. The molecular formula is C24H26N2O8. The molecule has 0 saturated carbocycles. The monoisotopic (exact) mass is 470 g/mol. The minimum atomic E-state index is -1.38. The lowest BCUT2D eigenvalue weighted by Gasteiger charge is -2.21. The van der Waals surface area contributed by atoms with E-state index in [0.717, 1.165) is 0 Å². The zero-order valence-corrected chi connectivity index (χ0v) is 18.6. The van der Waals surface area contributed by atoms with Gasteiger partial charge in [-0.3, -0.25) is 9.59 Å². The Morgan fingerprint density at radius 1 is 1.00 bits per heavy atom. The molecule has 3 N–H and O–H groups in total. The van der Waals surface area contributed by atoms with Gasteiger partial charge in [0.05, 0.1) is 6.61 Å². The number of hydrogen-bond acceptors (Lipinski definition) is 8. The number of aliphatic hydroxyl groups is 1. The Labute approximate surface area is 196 Å². The molecule has 2 amide bonds. The van der Waals surface area contributed by atoms with E-state index in [-0.39, 0.29) is 13.2 Å². The van der Waals surface area contributed by atoms with Crippen molar-refractivity contribution in [3.05, 3.63) is 78.4 Å². The second-order valence-corrected chi connectivity index (χ2v) is 6.96. The van der Waals surface area contributed by atoms with Crippen LogP contribution in [-0.2, 0) is 30.5 Å². The van der Waals surface area contributed by atoms with Crippen LogP contribution in [0.15, 0.2) is 67.3 Å². The molecule has 0 unspecified atom stereocenters. The predicted octanol–water partition coefficient (Wildman–Crippen LogP) is 1.79. The van der Waals surface area contributed by atoms with Crippen molar-refractivity contribution >= 4 is 23.9 Å². The van der Waals surface area contributed by atoms with Crippen molar-refractivity contribution in [1.29, 1.82) is 0 Å². The maximum Gasteiger partial charge on any atom is 0.408 e. The fraction of sp³-hybridized carbons (Fsp3) is 0.250. The number of amides is 2. The summed E-state index contributed by atoms with van der Waals surface area (Å²) in [7, 11) is 0. The summed E-state index contributed by atoms with van der Waals surface area (Å²) >= 11 is 0. The molecule has 0 bridgehead atoms. The average molecular weight is 470 g/mol. The van der Waals surface area contributed by atoms with Crippen molar-refractivity contribution in [1.82, 2.24) is 10.6 Å². The van der Waals surface area contributed by atoms with Gasteiger partial charge in [0.25, 0.3) is 0 Å². The normalized spacial score (nSPS) is 11.9. The van der Waals surface area contributed by atoms with Crippen molar-refractivity contribution < 1.29 is 38.5 Å². The Hall–Kier alpha value is -4.18. The molecule has 0 fully saturated rings. The van der Waals surface area contributed by atoms with Crippen LogP contribution in [0.25, 0.3) is 0 Å². The number of aliphatic hydroxyl groups excluding tert-OH is 1. The molecule has 0 saturated heterocycles. The van der Waals surface area contributed by atoms with Crippen LogP contribution in [0.3, 0.4) is 0 Å². The third-order valence-electron chi connectivity index (χ3n) is 4.34. The fourth-order valence-electron chi connectivity index (χ4n) is 2.74. The zero-order valence-electron chi connectivity index (χ0n) is 18.6. The van der Waals surface area contributed by atoms with Crippen LogP contribution in [0.2, 0.25) is 0 Å². The first-order valence-corrected chi connectivity index (χ1v) is 10.3. The van der Waals surface area contributed by atoms with E-state index >= 15 is 0 Å². The molecule has 0 aromatic heterocycles. The minimum absolute atomic E-state index is 0.0477. The highest BCUT2D eigenvalue weighted by atomic mass is 16.6. The highest BCUT2D eigenvalue weighted by Gasteiger charge is 2.28. The topological polar surface area (TPSA) is 140 Å². The van der Waals surface area contributed by atoms with Crippen LogP contribution in [0.4, 0.5) is 4.79 Å². The lowest BCUT2D eigenvalue weighted by atomic mass is 10.1. The molecular weight excluding hydrogens is 444 g/mol. The molecule has 10 heteroatoms. The second-order valence-electron chi connectivity index (χ2n) is 6.96. The molecule has 2 rings (SSSR count). The van der Waals surface area contributed by atoms with Crippen LogP contribution in [0.5, 0.6) is 5.75 Å². The molecule has 2 aromatic rings. The van der Waals surface area contributed by atoms with E-state index in [9.17, 15) is 24.3 Å². The maximum atomic E-state index is 12.7. The number of ether oxygens (including phenoxy) is 3. The first kappa shape index (κ1) is 26.1. The summed E-state index contributed by atoms with van der Waals surface area (Å²) in [4.78, 5) is 48.2. The lowest BCUT2D eigenvalue weighted by molar-refractivity contribution is -0.147. The number of benzene rings is 2. The lowest BCUT2D eigenvalue weighted by Crippen LogP contribution is -2.51. The molecule has 10 nitrogen and oxygen atoms in total. The van der Waals surface area contributed by atoms with Crippen LogP contribution in [-0.4, -0.2) is 48.3 Å². The van der Waals surface area contributed by atoms with Gasteiger partial charge in [-0.15, -0.1) is 0 Å². The molecule has 180 valence electrons. The molecule has 0 aliphatic heterocycles. The summed E-state index contributed by atoms with van der Waals surface area (Å²) in [6.07, 6.45) is 0.434. The van der Waals surface area contributed by atoms with Gasteiger partial charge in [0.2, 0.25) is 5.91 Å². The molecule has 0 spiro atoms. The molecule has 0 radical (unpaired) electrons. The quantitative estimate of drug-likeness (QED) is 0.257. The number of hydrogen-bond donors (Lipinski definition) is 3. The number of esters is 2. The molecule has 2 aromatic carbocycles. The Kier molecular flexibility index (Phi) is 10.3. The summed E-state index contributed by atoms with van der Waals surface area (Å²) in [5, 5.41) is 14.3. The van der Waals surface area contributed by atoms with E-state index in [0.29, 0.717) is 16.9 Å². The first-order valence-electron chi connectivity index (χ1n) is 10.3. The van der Waals surface area contributed by atoms with Gasteiger partial charge in [0.1, 0.15) is 25.0 Å². The largest absolute Gasteiger partial charge is 0.460 e. The summed E-state index contributed by atoms with van der Waals surface area (Å²) in [6.45, 7) is 3.84. The first-order chi connectivity index (χ1) is 16.3. The highest BCUT2D eigenvalue weighted by molar-refractivity contribution is 5.90. The minimum Gasteiger partial charge on any atom is -0.460 e. The van der Waals surface area contributed by atoms with Gasteiger partial charge in [-0.2, -0.15) is 0 Å². The number of carbonyl (C=O) groups excluding carboxylic acids is 4. The number of nitrogens with one attached hydrogen (secondary N) is 2. The van der Waals surface area contributed by atoms with Gasteiger partial charge in [-0.1, -0.05) is 55.1 Å². The molecule has 0 heterocycles. The number of rotatable bonds is 11. The van der Waals surface area contributed by atoms with Crippen molar-refractivity contribution in [2.45, 2.75) is 25.6 Å². The number of alkyl carbamates (subject to hydrolysis) is 1. The third-order valence-corrected chi connectivity index (χ3v) is 4.34. The van der Waals surface area contributed by atoms with Crippen molar-refractivity contribution in [3.8, 4) is 5.75 Å². The van der Waals surface area contributed by atoms with E-state index in [2.05, 4.69) is 17.2 Å². The van der Waals surface area contributed by atoms with Crippen molar-refractivity contribution in [3.63, 3.8) is 0 Å². The van der Waals surface area contributed by atoms with Gasteiger partial charge >= 0.3 is 18.0 Å². The molecule has 0 aliphatic carbocycles. The molecule has 0 aliphatic rings. The van der Waals surface area contributed by atoms with Gasteiger partial charge < -0.3 is 30.0 Å². The SMILES string of the molecule is C=CCOC(=O)[C@@H](NC(=O)[C@H](CO)NC(=O)OCc1ccc(OC(C)=O)cc1)c1ccccc1. The van der Waals surface area contributed by atoms with E-state index in [1.807, 2.05) is 0 Å². The second kappa shape index (κ2) is 13.4. The number of carbonyl (C=O) groups is 4. The van der Waals surface area contributed by atoms with Gasteiger partial charge in [0, 0.05) is 6.92 Å². The van der Waals surface area contributed by atoms with Crippen LogP contribution in [0.1, 0.15) is 24.1 Å². The summed E-state index contributed by atoms with van der Waals surface area (Å²) in [6, 6.07) is 12.1. The van der Waals surface area contributed by atoms with Gasteiger partial charge in [-0.25, -0.2) is 9.59 Å². The Balaban J connectivity index is 1.96. The van der Waals surface area contributed by atoms with E-state index in [1.165, 1.54) is 25.1 Å². The van der Waals surface area contributed by atoms with E-state index in [1.54, 1.807) is 42.5 Å². The zero-order chi connectivity index (χ0) is 24.9. The molecule has 2 atom stereocenters. The highest BCUT2D eigenvalue weighted by Crippen LogP contribution is 2.15. The average Bonchev–Trinajstić information content (AvgIpc) is 2.84. The van der Waals surface area contributed by atoms with Crippen LogP contribution in [0, 0.1) is 0 Å². The summed E-state index contributed by atoms with van der Waals surface area (Å²) in [5.74, 6) is -1.65. The van der Waals surface area contributed by atoms with Gasteiger partial charge in [-0.05, 0) is 23.3 Å². The van der Waals surface area contributed by atoms with E-state index in [4.69, 9.17) is 14.2 Å². The maximum absolute atomic E-state index is 12.7. The van der Waals surface area contributed by atoms with Gasteiger partial charge in [0.15, 0.2) is 6.04 Å².